The van der Waals surface area contributed by atoms with Gasteiger partial charge in [-0.15, -0.1) is 0 Å². The van der Waals surface area contributed by atoms with Gasteiger partial charge in [0, 0.05) is 19.6 Å². The molecular weight excluding hydrogens is 286 g/mol. The van der Waals surface area contributed by atoms with E-state index in [1.807, 2.05) is 32.0 Å². The molecule has 0 fully saturated rings. The standard InChI is InChI=1S/C15H25N3O2S/c1-3-9-18(10-4-2)21(19,20)17-15-6-5-13-7-8-16-12-14(13)11-15/h5-6,11,16-17H,3-4,7-10,12H2,1-2H3. The van der Waals surface area contributed by atoms with E-state index in [-0.39, 0.29) is 0 Å². The van der Waals surface area contributed by atoms with Gasteiger partial charge in [0.05, 0.1) is 5.69 Å². The molecule has 21 heavy (non-hydrogen) atoms. The summed E-state index contributed by atoms with van der Waals surface area (Å²) >= 11 is 0. The van der Waals surface area contributed by atoms with Gasteiger partial charge in [-0.05, 0) is 49.1 Å². The van der Waals surface area contributed by atoms with Crippen molar-refractivity contribution in [3.63, 3.8) is 0 Å². The number of fused-ring (bicyclic) bond motifs is 1. The second-order valence-corrected chi connectivity index (χ2v) is 7.09. The SMILES string of the molecule is CCCN(CCC)S(=O)(=O)Nc1ccc2c(c1)CNCC2. The molecule has 1 aliphatic rings. The highest BCUT2D eigenvalue weighted by molar-refractivity contribution is 7.90. The predicted molar refractivity (Wildman–Crippen MR) is 86.6 cm³/mol. The van der Waals surface area contributed by atoms with Gasteiger partial charge in [0.1, 0.15) is 0 Å². The van der Waals surface area contributed by atoms with E-state index in [9.17, 15) is 8.42 Å². The Morgan fingerprint density at radius 2 is 1.90 bits per heavy atom. The number of benzene rings is 1. The van der Waals surface area contributed by atoms with Crippen LogP contribution in [0.25, 0.3) is 0 Å². The van der Waals surface area contributed by atoms with Crippen LogP contribution in [0.5, 0.6) is 0 Å². The molecule has 118 valence electrons. The first-order chi connectivity index (χ1) is 10.1. The van der Waals surface area contributed by atoms with Crippen molar-refractivity contribution in [2.24, 2.45) is 0 Å². The van der Waals surface area contributed by atoms with Crippen LogP contribution in [0.4, 0.5) is 5.69 Å². The summed E-state index contributed by atoms with van der Waals surface area (Å²) in [5.74, 6) is 0. The highest BCUT2D eigenvalue weighted by Crippen LogP contribution is 2.20. The molecule has 0 atom stereocenters. The van der Waals surface area contributed by atoms with E-state index >= 15 is 0 Å². The van der Waals surface area contributed by atoms with Gasteiger partial charge in [0.15, 0.2) is 0 Å². The summed E-state index contributed by atoms with van der Waals surface area (Å²) in [6, 6.07) is 5.82. The highest BCUT2D eigenvalue weighted by atomic mass is 32.2. The Bertz CT molecular complexity index is 566. The maximum Gasteiger partial charge on any atom is 0.301 e. The fraction of sp³-hybridized carbons (Fsp3) is 0.600. The van der Waals surface area contributed by atoms with Crippen molar-refractivity contribution >= 4 is 15.9 Å². The minimum absolute atomic E-state index is 0.551. The first-order valence-corrected chi connectivity index (χ1v) is 9.11. The van der Waals surface area contributed by atoms with E-state index < -0.39 is 10.2 Å². The van der Waals surface area contributed by atoms with Crippen LogP contribution < -0.4 is 10.0 Å². The Hall–Kier alpha value is -1.11. The number of nitrogens with one attached hydrogen (secondary N) is 2. The molecule has 0 saturated heterocycles. The molecule has 6 heteroatoms. The number of hydrogen-bond donors (Lipinski definition) is 2. The maximum atomic E-state index is 12.4. The summed E-state index contributed by atoms with van der Waals surface area (Å²) in [6.07, 6.45) is 2.63. The first kappa shape index (κ1) is 16.3. The Kier molecular flexibility index (Phi) is 5.61. The molecule has 0 saturated carbocycles. The van der Waals surface area contributed by atoms with Crippen molar-refractivity contribution in [1.82, 2.24) is 9.62 Å². The minimum atomic E-state index is -3.46. The molecule has 0 unspecified atom stereocenters. The highest BCUT2D eigenvalue weighted by Gasteiger charge is 2.20. The third-order valence-electron chi connectivity index (χ3n) is 3.63. The first-order valence-electron chi connectivity index (χ1n) is 7.67. The number of rotatable bonds is 7. The zero-order valence-electron chi connectivity index (χ0n) is 12.9. The summed E-state index contributed by atoms with van der Waals surface area (Å²) < 4.78 is 29.1. The van der Waals surface area contributed by atoms with Crippen LogP contribution in [0.15, 0.2) is 18.2 Å². The van der Waals surface area contributed by atoms with Gasteiger partial charge in [-0.25, -0.2) is 0 Å². The second kappa shape index (κ2) is 7.24. The van der Waals surface area contributed by atoms with Crippen LogP contribution >= 0.6 is 0 Å². The zero-order chi connectivity index (χ0) is 15.3. The zero-order valence-corrected chi connectivity index (χ0v) is 13.7. The summed E-state index contributed by atoms with van der Waals surface area (Å²) in [4.78, 5) is 0. The van der Waals surface area contributed by atoms with E-state index in [0.717, 1.165) is 32.4 Å². The van der Waals surface area contributed by atoms with E-state index in [1.165, 1.54) is 15.4 Å². The van der Waals surface area contributed by atoms with Gasteiger partial charge < -0.3 is 5.32 Å². The largest absolute Gasteiger partial charge is 0.312 e. The molecule has 0 radical (unpaired) electrons. The summed E-state index contributed by atoms with van der Waals surface area (Å²) in [5.41, 5.74) is 3.13. The smallest absolute Gasteiger partial charge is 0.301 e. The molecule has 1 aromatic rings. The number of nitrogens with zero attached hydrogens (tertiary/aromatic N) is 1. The maximum absolute atomic E-state index is 12.4. The molecular formula is C15H25N3O2S. The second-order valence-electron chi connectivity index (χ2n) is 5.42. The lowest BCUT2D eigenvalue weighted by atomic mass is 10.0. The van der Waals surface area contributed by atoms with Gasteiger partial charge in [-0.1, -0.05) is 19.9 Å². The van der Waals surface area contributed by atoms with Crippen LogP contribution in [-0.2, 0) is 23.2 Å². The van der Waals surface area contributed by atoms with E-state index in [1.54, 1.807) is 0 Å². The van der Waals surface area contributed by atoms with Crippen LogP contribution in [0, 0.1) is 0 Å². The Labute approximate surface area is 127 Å². The predicted octanol–water partition coefficient (Wildman–Crippen LogP) is 2.11. The van der Waals surface area contributed by atoms with Crippen molar-refractivity contribution in [3.05, 3.63) is 29.3 Å². The third-order valence-corrected chi connectivity index (χ3v) is 5.16. The molecule has 1 heterocycles. The molecule has 1 aromatic carbocycles. The number of hydrogen-bond acceptors (Lipinski definition) is 3. The molecule has 2 N–H and O–H groups in total. The van der Waals surface area contributed by atoms with E-state index in [2.05, 4.69) is 10.0 Å². The van der Waals surface area contributed by atoms with Crippen LogP contribution in [-0.4, -0.2) is 32.4 Å². The van der Waals surface area contributed by atoms with Crippen molar-refractivity contribution in [1.29, 1.82) is 0 Å². The monoisotopic (exact) mass is 311 g/mol. The Morgan fingerprint density at radius 1 is 1.19 bits per heavy atom. The van der Waals surface area contributed by atoms with Crippen molar-refractivity contribution < 1.29 is 8.42 Å². The van der Waals surface area contributed by atoms with Gasteiger partial charge in [0.2, 0.25) is 0 Å². The van der Waals surface area contributed by atoms with Crippen molar-refractivity contribution in [2.75, 3.05) is 24.4 Å². The lowest BCUT2D eigenvalue weighted by Crippen LogP contribution is -2.37. The normalized spacial score (nSPS) is 15.0. The molecule has 0 amide bonds. The lowest BCUT2D eigenvalue weighted by Gasteiger charge is -2.23. The summed E-state index contributed by atoms with van der Waals surface area (Å²) in [5, 5.41) is 3.31. The van der Waals surface area contributed by atoms with E-state index in [4.69, 9.17) is 0 Å². The summed E-state index contributed by atoms with van der Waals surface area (Å²) in [6.45, 7) is 6.87. The Balaban J connectivity index is 2.15. The molecule has 2 rings (SSSR count). The quantitative estimate of drug-likeness (QED) is 0.811. The molecule has 5 nitrogen and oxygen atoms in total. The van der Waals surface area contributed by atoms with Gasteiger partial charge >= 0.3 is 10.2 Å². The minimum Gasteiger partial charge on any atom is -0.312 e. The van der Waals surface area contributed by atoms with Crippen LogP contribution in [0.3, 0.4) is 0 Å². The topological polar surface area (TPSA) is 61.4 Å². The fourth-order valence-corrected chi connectivity index (χ4v) is 4.01. The molecule has 0 spiro atoms. The fourth-order valence-electron chi connectivity index (χ4n) is 2.61. The number of anilines is 1. The van der Waals surface area contributed by atoms with Gasteiger partial charge in [0.25, 0.3) is 0 Å². The average molecular weight is 311 g/mol. The molecule has 0 bridgehead atoms. The molecule has 1 aliphatic heterocycles. The molecule has 0 aliphatic carbocycles. The Morgan fingerprint density at radius 3 is 2.57 bits per heavy atom. The van der Waals surface area contributed by atoms with Crippen LogP contribution in [0.1, 0.15) is 37.8 Å². The van der Waals surface area contributed by atoms with E-state index in [0.29, 0.717) is 18.8 Å². The van der Waals surface area contributed by atoms with Gasteiger partial charge in [-0.3, -0.25) is 4.72 Å². The van der Waals surface area contributed by atoms with Gasteiger partial charge in [-0.2, -0.15) is 12.7 Å². The van der Waals surface area contributed by atoms with Crippen LogP contribution in [0.2, 0.25) is 0 Å². The lowest BCUT2D eigenvalue weighted by molar-refractivity contribution is 0.413. The average Bonchev–Trinajstić information content (AvgIpc) is 2.46. The molecule has 0 aromatic heterocycles. The third kappa shape index (κ3) is 4.18. The van der Waals surface area contributed by atoms with Crippen molar-refractivity contribution in [2.45, 2.75) is 39.7 Å². The van der Waals surface area contributed by atoms with Crippen molar-refractivity contribution in [3.8, 4) is 0 Å². The summed E-state index contributed by atoms with van der Waals surface area (Å²) in [7, 11) is -3.46.